The van der Waals surface area contributed by atoms with Crippen molar-refractivity contribution in [1.29, 1.82) is 0 Å². The molecule has 0 bridgehead atoms. The standard InChI is InChI=1S/C26H33N7O6S/c1-4-17-13-24(31-30-17)29-19-15-20-18(14-21(19)37-2)25(32-39-20)33-40(35,36)23-9-8-16(12-22(23)38-3)26(34)28-11-7-5-6-10-27/h8-9,12-15H,4-7,10-11,27H2,1-3H3,(H,28,34)(H,32,33)(H2,29,30,31). The predicted molar refractivity (Wildman–Crippen MR) is 151 cm³/mol. The van der Waals surface area contributed by atoms with Crippen LogP contribution in [0.4, 0.5) is 17.3 Å². The number of sulfonamides is 1. The summed E-state index contributed by atoms with van der Waals surface area (Å²) in [5.74, 6) is 0.654. The van der Waals surface area contributed by atoms with Gasteiger partial charge in [0.25, 0.3) is 15.9 Å². The molecule has 6 N–H and O–H groups in total. The second kappa shape index (κ2) is 12.7. The zero-order chi connectivity index (χ0) is 28.7. The van der Waals surface area contributed by atoms with E-state index < -0.39 is 10.0 Å². The molecule has 0 atom stereocenters. The quantitative estimate of drug-likeness (QED) is 0.140. The number of anilines is 3. The highest BCUT2D eigenvalue weighted by Gasteiger charge is 2.24. The van der Waals surface area contributed by atoms with Gasteiger partial charge >= 0.3 is 0 Å². The Morgan fingerprint density at radius 1 is 1.07 bits per heavy atom. The number of methoxy groups -OCH3 is 2. The number of H-pyrrole nitrogens is 1. The van der Waals surface area contributed by atoms with E-state index in [4.69, 9.17) is 19.7 Å². The minimum Gasteiger partial charge on any atom is -0.495 e. The minimum absolute atomic E-state index is 0.00519. The maximum absolute atomic E-state index is 13.3. The highest BCUT2D eigenvalue weighted by Crippen LogP contribution is 2.36. The van der Waals surface area contributed by atoms with Gasteiger partial charge in [-0.1, -0.05) is 18.5 Å². The van der Waals surface area contributed by atoms with Gasteiger partial charge in [0.05, 0.1) is 25.3 Å². The molecule has 0 radical (unpaired) electrons. The number of nitrogens with zero attached hydrogens (tertiary/aromatic N) is 2. The third kappa shape index (κ3) is 6.46. The average molecular weight is 572 g/mol. The van der Waals surface area contributed by atoms with Gasteiger partial charge in [0.2, 0.25) is 0 Å². The first-order valence-corrected chi connectivity index (χ1v) is 14.3. The van der Waals surface area contributed by atoms with Crippen molar-refractivity contribution in [3.63, 3.8) is 0 Å². The smallest absolute Gasteiger partial charge is 0.266 e. The normalized spacial score (nSPS) is 11.4. The Kier molecular flexibility index (Phi) is 9.11. The van der Waals surface area contributed by atoms with Crippen molar-refractivity contribution in [2.24, 2.45) is 5.73 Å². The van der Waals surface area contributed by atoms with Crippen LogP contribution in [0.1, 0.15) is 42.2 Å². The summed E-state index contributed by atoms with van der Waals surface area (Å²) in [5, 5.41) is 17.4. The number of hydrogen-bond donors (Lipinski definition) is 5. The Morgan fingerprint density at radius 2 is 1.88 bits per heavy atom. The molecular weight excluding hydrogens is 538 g/mol. The van der Waals surface area contributed by atoms with Crippen LogP contribution in [0.15, 0.2) is 45.8 Å². The van der Waals surface area contributed by atoms with Gasteiger partial charge in [0, 0.05) is 29.9 Å². The zero-order valence-corrected chi connectivity index (χ0v) is 23.4. The first-order valence-electron chi connectivity index (χ1n) is 12.8. The average Bonchev–Trinajstić information content (AvgIpc) is 3.58. The van der Waals surface area contributed by atoms with Gasteiger partial charge in [-0.2, -0.15) is 5.10 Å². The molecule has 4 rings (SSSR count). The van der Waals surface area contributed by atoms with Crippen molar-refractivity contribution < 1.29 is 27.2 Å². The third-order valence-corrected chi connectivity index (χ3v) is 7.56. The Labute approximate surface area is 231 Å². The van der Waals surface area contributed by atoms with Gasteiger partial charge < -0.3 is 30.4 Å². The van der Waals surface area contributed by atoms with E-state index in [-0.39, 0.29) is 27.9 Å². The lowest BCUT2D eigenvalue weighted by atomic mass is 10.2. The van der Waals surface area contributed by atoms with Gasteiger partial charge in [-0.05, 0) is 50.1 Å². The summed E-state index contributed by atoms with van der Waals surface area (Å²) in [4.78, 5) is 12.4. The van der Waals surface area contributed by atoms with Gasteiger partial charge in [-0.15, -0.1) is 0 Å². The molecule has 0 saturated carbocycles. The molecule has 2 heterocycles. The minimum atomic E-state index is -4.18. The van der Waals surface area contributed by atoms with E-state index >= 15 is 0 Å². The van der Waals surface area contributed by atoms with Crippen molar-refractivity contribution in [3.8, 4) is 11.5 Å². The van der Waals surface area contributed by atoms with Crippen LogP contribution < -0.4 is 30.6 Å². The molecule has 13 nitrogen and oxygen atoms in total. The van der Waals surface area contributed by atoms with Crippen LogP contribution in [0.2, 0.25) is 0 Å². The molecule has 214 valence electrons. The van der Waals surface area contributed by atoms with Gasteiger partial charge in [-0.25, -0.2) is 8.42 Å². The highest BCUT2D eigenvalue weighted by atomic mass is 32.2. The highest BCUT2D eigenvalue weighted by molar-refractivity contribution is 7.92. The summed E-state index contributed by atoms with van der Waals surface area (Å²) >= 11 is 0. The van der Waals surface area contributed by atoms with Crippen molar-refractivity contribution in [1.82, 2.24) is 20.7 Å². The van der Waals surface area contributed by atoms with Crippen molar-refractivity contribution in [2.75, 3.05) is 37.3 Å². The van der Waals surface area contributed by atoms with Crippen LogP contribution in [0.25, 0.3) is 11.0 Å². The van der Waals surface area contributed by atoms with Gasteiger partial charge in [0.1, 0.15) is 16.4 Å². The maximum atomic E-state index is 13.3. The van der Waals surface area contributed by atoms with E-state index in [2.05, 4.69) is 30.7 Å². The van der Waals surface area contributed by atoms with Crippen LogP contribution in [-0.2, 0) is 16.4 Å². The summed E-state index contributed by atoms with van der Waals surface area (Å²) in [6.45, 7) is 3.11. The molecular formula is C26H33N7O6S. The number of nitrogens with two attached hydrogens (primary N) is 1. The molecule has 0 aliphatic rings. The summed E-state index contributed by atoms with van der Waals surface area (Å²) in [6.07, 6.45) is 3.40. The SMILES string of the molecule is CCc1cc(Nc2cc3onc(NS(=O)(=O)c4ccc(C(=O)NCCCCCN)cc4OC)c3cc2OC)n[nH]1. The predicted octanol–water partition coefficient (Wildman–Crippen LogP) is 3.53. The number of benzene rings is 2. The molecule has 0 aliphatic carbocycles. The first-order chi connectivity index (χ1) is 19.3. The van der Waals surface area contributed by atoms with E-state index in [9.17, 15) is 13.2 Å². The summed E-state index contributed by atoms with van der Waals surface area (Å²) in [7, 11) is -1.35. The first kappa shape index (κ1) is 28.7. The number of aromatic amines is 1. The van der Waals surface area contributed by atoms with Crippen molar-refractivity contribution >= 4 is 44.2 Å². The molecule has 4 aromatic rings. The van der Waals surface area contributed by atoms with E-state index in [1.54, 1.807) is 12.1 Å². The number of rotatable bonds is 14. The second-order valence-electron chi connectivity index (χ2n) is 8.91. The largest absolute Gasteiger partial charge is 0.495 e. The summed E-state index contributed by atoms with van der Waals surface area (Å²) in [6, 6.07) is 9.23. The topological polar surface area (TPSA) is 186 Å². The van der Waals surface area contributed by atoms with E-state index in [0.717, 1.165) is 31.4 Å². The molecule has 0 spiro atoms. The number of unbranched alkanes of at least 4 members (excludes halogenated alkanes) is 2. The van der Waals surface area contributed by atoms with Gasteiger partial charge in [0.15, 0.2) is 17.2 Å². The molecule has 0 unspecified atom stereocenters. The van der Waals surface area contributed by atoms with Crippen LogP contribution in [0, 0.1) is 0 Å². The fourth-order valence-corrected chi connectivity index (χ4v) is 5.18. The fraction of sp³-hybridized carbons (Fsp3) is 0.346. The Morgan fingerprint density at radius 3 is 2.58 bits per heavy atom. The van der Waals surface area contributed by atoms with Crippen LogP contribution >= 0.6 is 0 Å². The molecule has 0 aliphatic heterocycles. The number of aryl methyl sites for hydroxylation is 1. The second-order valence-corrected chi connectivity index (χ2v) is 10.6. The number of carbonyl (C=O) groups is 1. The zero-order valence-electron chi connectivity index (χ0n) is 22.5. The Hall–Kier alpha value is -4.30. The molecule has 40 heavy (non-hydrogen) atoms. The van der Waals surface area contributed by atoms with Crippen LogP contribution in [0.3, 0.4) is 0 Å². The summed E-state index contributed by atoms with van der Waals surface area (Å²) < 4.78 is 45.3. The van der Waals surface area contributed by atoms with E-state index in [1.807, 2.05) is 13.0 Å². The lowest BCUT2D eigenvalue weighted by Gasteiger charge is -2.12. The fourth-order valence-electron chi connectivity index (χ4n) is 4.01. The third-order valence-electron chi connectivity index (χ3n) is 6.18. The Bertz CT molecular complexity index is 1580. The Balaban J connectivity index is 1.54. The number of aromatic nitrogens is 3. The molecule has 0 saturated heterocycles. The number of hydrogen-bond acceptors (Lipinski definition) is 10. The number of carbonyl (C=O) groups excluding carboxylic acids is 1. The van der Waals surface area contributed by atoms with Crippen molar-refractivity contribution in [3.05, 3.63) is 47.7 Å². The number of fused-ring (bicyclic) bond motifs is 1. The lowest BCUT2D eigenvalue weighted by Crippen LogP contribution is -2.24. The van der Waals surface area contributed by atoms with E-state index in [1.165, 1.54) is 32.4 Å². The molecule has 2 aromatic heterocycles. The summed E-state index contributed by atoms with van der Waals surface area (Å²) in [5.41, 5.74) is 7.60. The number of nitrogens with one attached hydrogen (secondary N) is 4. The monoisotopic (exact) mass is 571 g/mol. The van der Waals surface area contributed by atoms with Gasteiger partial charge in [-0.3, -0.25) is 14.6 Å². The molecule has 2 aromatic carbocycles. The van der Waals surface area contributed by atoms with Crippen LogP contribution in [0.5, 0.6) is 11.5 Å². The molecule has 1 amide bonds. The number of ether oxygens (including phenoxy) is 2. The van der Waals surface area contributed by atoms with Crippen molar-refractivity contribution in [2.45, 2.75) is 37.5 Å². The lowest BCUT2D eigenvalue weighted by molar-refractivity contribution is 0.0952. The molecule has 14 heteroatoms. The molecule has 0 fully saturated rings. The number of amides is 1. The van der Waals surface area contributed by atoms with E-state index in [0.29, 0.717) is 41.3 Å². The van der Waals surface area contributed by atoms with Crippen LogP contribution in [-0.4, -0.2) is 57.0 Å². The maximum Gasteiger partial charge on any atom is 0.266 e.